The van der Waals surface area contributed by atoms with E-state index in [2.05, 4.69) is 12.1 Å². The molecule has 0 saturated carbocycles. The fourth-order valence-electron chi connectivity index (χ4n) is 3.83. The molecule has 0 aliphatic heterocycles. The highest BCUT2D eigenvalue weighted by Crippen LogP contribution is 2.46. The molecular weight excluding hydrogens is 669 g/mol. The highest BCUT2D eigenvalue weighted by molar-refractivity contribution is 7.50. The van der Waals surface area contributed by atoms with Gasteiger partial charge in [0.1, 0.15) is 0 Å². The Morgan fingerprint density at radius 2 is 0.763 bits per heavy atom. The van der Waals surface area contributed by atoms with Crippen molar-refractivity contribution in [2.24, 2.45) is 0 Å². The Balaban J connectivity index is 1.50. The fourth-order valence-corrected chi connectivity index (χ4v) is 13.8. The van der Waals surface area contributed by atoms with Crippen LogP contribution in [0.5, 0.6) is 0 Å². The van der Waals surface area contributed by atoms with E-state index in [1.807, 2.05) is 47.2 Å². The molecular formula is C24H10O4P4S6. The first kappa shape index (κ1) is 26.8. The molecule has 6 aromatic heterocycles. The van der Waals surface area contributed by atoms with Crippen LogP contribution in [0.15, 0.2) is 59.3 Å². The van der Waals surface area contributed by atoms with E-state index in [-0.39, 0.29) is 33.8 Å². The molecule has 14 heteroatoms. The molecule has 0 atom stereocenters. The molecule has 38 heavy (non-hydrogen) atoms. The molecule has 0 spiro atoms. The second-order valence-corrected chi connectivity index (χ2v) is 16.2. The van der Waals surface area contributed by atoms with Crippen molar-refractivity contribution in [1.29, 1.82) is 0 Å². The number of hydrogen-bond acceptors (Lipinski definition) is 10. The molecule has 0 fully saturated rings. The number of rotatable bonds is 9. The van der Waals surface area contributed by atoms with Gasteiger partial charge in [0.2, 0.25) is 0 Å². The fraction of sp³-hybridized carbons (Fsp3) is 0. The number of thiophene rings is 6. The summed E-state index contributed by atoms with van der Waals surface area (Å²) in [5.74, 6) is 0. The van der Waals surface area contributed by atoms with Gasteiger partial charge in [0.15, 0.2) is 33.8 Å². The maximum absolute atomic E-state index is 12.4. The van der Waals surface area contributed by atoms with E-state index in [0.29, 0.717) is 31.0 Å². The first-order valence-corrected chi connectivity index (χ1v) is 18.9. The van der Waals surface area contributed by atoms with E-state index < -0.39 is 0 Å². The van der Waals surface area contributed by atoms with Crippen molar-refractivity contribution < 1.29 is 18.3 Å². The Bertz CT molecular complexity index is 1670. The van der Waals surface area contributed by atoms with Crippen molar-refractivity contribution in [2.75, 3.05) is 0 Å². The van der Waals surface area contributed by atoms with Crippen LogP contribution in [0.1, 0.15) is 0 Å². The monoisotopic (exact) mass is 678 g/mol. The highest BCUT2D eigenvalue weighted by Gasteiger charge is 2.29. The lowest BCUT2D eigenvalue weighted by Crippen LogP contribution is -2.14. The third kappa shape index (κ3) is 4.76. The van der Waals surface area contributed by atoms with Gasteiger partial charge >= 0.3 is 0 Å². The third-order valence-electron chi connectivity index (χ3n) is 5.48. The molecule has 4 nitrogen and oxygen atoms in total. The van der Waals surface area contributed by atoms with Crippen molar-refractivity contribution >= 4 is 123 Å². The molecule has 0 aliphatic rings. The van der Waals surface area contributed by atoms with Gasteiger partial charge in [-0.3, -0.25) is 18.3 Å². The molecule has 0 unspecified atom stereocenters. The Labute approximate surface area is 247 Å². The van der Waals surface area contributed by atoms with Crippen molar-refractivity contribution in [2.45, 2.75) is 0 Å². The minimum absolute atomic E-state index is 0.241. The van der Waals surface area contributed by atoms with E-state index in [1.165, 1.54) is 22.7 Å². The van der Waals surface area contributed by atoms with Crippen LogP contribution in [0.4, 0.5) is 0 Å². The predicted octanol–water partition coefficient (Wildman–Crippen LogP) is 10.1. The van der Waals surface area contributed by atoms with Gasteiger partial charge < -0.3 is 0 Å². The summed E-state index contributed by atoms with van der Waals surface area (Å²) in [6, 6.07) is 16.2. The van der Waals surface area contributed by atoms with Crippen LogP contribution in [0, 0.1) is 0 Å². The minimum atomic E-state index is -0.279. The summed E-state index contributed by atoms with van der Waals surface area (Å²) < 4.78 is 49.5. The summed E-state index contributed by atoms with van der Waals surface area (Å²) in [4.78, 5) is 9.15. The average molecular weight is 679 g/mol. The van der Waals surface area contributed by atoms with E-state index in [9.17, 15) is 18.3 Å². The smallest absolute Gasteiger partial charge is 0.195 e. The quantitative estimate of drug-likeness (QED) is 0.143. The van der Waals surface area contributed by atoms with Gasteiger partial charge in [-0.25, -0.2) is 0 Å². The largest absolute Gasteiger partial charge is 0.269 e. The average Bonchev–Trinajstić information content (AvgIpc) is 3.78. The van der Waals surface area contributed by atoms with Crippen LogP contribution in [0.25, 0.3) is 48.8 Å². The summed E-state index contributed by atoms with van der Waals surface area (Å²) in [6.45, 7) is 0. The van der Waals surface area contributed by atoms with Crippen LogP contribution in [0.3, 0.4) is 0 Å². The Kier molecular flexibility index (Phi) is 8.19. The summed E-state index contributed by atoms with van der Waals surface area (Å²) >= 11 is 9.23. The van der Waals surface area contributed by atoms with Gasteiger partial charge in [-0.2, -0.15) is 0 Å². The lowest BCUT2D eigenvalue weighted by Gasteiger charge is -1.95. The summed E-state index contributed by atoms with van der Waals surface area (Å²) in [6.07, 6.45) is 0. The lowest BCUT2D eigenvalue weighted by atomic mass is 10.3. The highest BCUT2D eigenvalue weighted by atomic mass is 32.1. The van der Waals surface area contributed by atoms with Crippen molar-refractivity contribution in [3.63, 3.8) is 0 Å². The molecule has 6 aromatic rings. The van der Waals surface area contributed by atoms with Gasteiger partial charge in [-0.15, -0.1) is 68.0 Å². The van der Waals surface area contributed by atoms with Crippen LogP contribution < -0.4 is 21.2 Å². The normalized spacial score (nSPS) is 11.9. The summed E-state index contributed by atoms with van der Waals surface area (Å²) in [5.41, 5.74) is 0. The molecule has 186 valence electrons. The van der Waals surface area contributed by atoms with Crippen molar-refractivity contribution in [3.05, 3.63) is 59.3 Å². The van der Waals surface area contributed by atoms with Crippen LogP contribution in [-0.4, -0.2) is 0 Å². The van der Waals surface area contributed by atoms with Crippen LogP contribution >= 0.6 is 102 Å². The Morgan fingerprint density at radius 3 is 1.11 bits per heavy atom. The molecule has 6 heterocycles. The molecule has 0 amide bonds. The molecule has 6 rings (SSSR count). The van der Waals surface area contributed by atoms with Gasteiger partial charge in [0, 0.05) is 29.3 Å². The summed E-state index contributed by atoms with van der Waals surface area (Å²) in [5, 5.41) is 5.78. The Morgan fingerprint density at radius 1 is 0.395 bits per heavy atom. The minimum Gasteiger partial charge on any atom is -0.269 e. The zero-order valence-corrected chi connectivity index (χ0v) is 27.1. The molecule has 0 radical (unpaired) electrons. The topological polar surface area (TPSA) is 68.3 Å². The molecule has 0 saturated heterocycles. The van der Waals surface area contributed by atoms with E-state index in [4.69, 9.17) is 0 Å². The summed E-state index contributed by atoms with van der Waals surface area (Å²) in [7, 11) is -1.04. The molecule has 0 bridgehead atoms. The Hall–Kier alpha value is -1.40. The van der Waals surface area contributed by atoms with Crippen LogP contribution in [-0.2, 0) is 18.3 Å². The first-order valence-electron chi connectivity index (χ1n) is 10.6. The standard InChI is InChI=1S/C24H10O4P4S6/c25-29-17-19(31-27)23(37-21(17)15-7-5-13(35-15)11-3-1-9-33-11)24-20(32-28)18(30-26)22(38-24)16-8-6-14(36-16)12-4-2-10-34-12/h1-10H. The third-order valence-corrected chi connectivity index (χ3v) is 16.2. The maximum Gasteiger partial charge on any atom is 0.195 e. The van der Waals surface area contributed by atoms with E-state index >= 15 is 0 Å². The molecule has 0 N–H and O–H groups in total. The van der Waals surface area contributed by atoms with Gasteiger partial charge in [-0.1, -0.05) is 12.1 Å². The van der Waals surface area contributed by atoms with Gasteiger partial charge in [0.25, 0.3) is 0 Å². The van der Waals surface area contributed by atoms with Gasteiger partial charge in [-0.05, 0) is 47.2 Å². The predicted molar refractivity (Wildman–Crippen MR) is 170 cm³/mol. The second-order valence-electron chi connectivity index (χ2n) is 7.56. The second kappa shape index (κ2) is 11.6. The maximum atomic E-state index is 12.4. The zero-order chi connectivity index (χ0) is 26.2. The molecule has 0 aromatic carbocycles. The first-order chi connectivity index (χ1) is 18.7. The van der Waals surface area contributed by atoms with Crippen molar-refractivity contribution in [3.8, 4) is 48.8 Å². The van der Waals surface area contributed by atoms with Gasteiger partial charge in [0.05, 0.1) is 40.7 Å². The SMILES string of the molecule is O=Pc1c(-c2ccc(-c3cccs3)s2)sc(-c2sc(-c3ccc(-c4cccs4)s3)c(P=O)c2P=O)c1P=O. The lowest BCUT2D eigenvalue weighted by molar-refractivity contribution is 0.601. The van der Waals surface area contributed by atoms with Crippen LogP contribution in [0.2, 0.25) is 0 Å². The van der Waals surface area contributed by atoms with E-state index in [1.54, 1.807) is 45.3 Å². The van der Waals surface area contributed by atoms with Crippen molar-refractivity contribution in [1.82, 2.24) is 0 Å². The molecule has 0 aliphatic carbocycles. The zero-order valence-electron chi connectivity index (χ0n) is 18.6. The number of hydrogen-bond donors (Lipinski definition) is 0. The van der Waals surface area contributed by atoms with E-state index in [0.717, 1.165) is 39.0 Å².